The van der Waals surface area contributed by atoms with Crippen LogP contribution in [0.3, 0.4) is 0 Å². The molecule has 3 rings (SSSR count). The molecule has 7 nitrogen and oxygen atoms in total. The summed E-state index contributed by atoms with van der Waals surface area (Å²) >= 11 is 0. The van der Waals surface area contributed by atoms with E-state index in [-0.39, 0.29) is 19.2 Å². The first-order valence-electron chi connectivity index (χ1n) is 8.03. The van der Waals surface area contributed by atoms with E-state index in [0.29, 0.717) is 40.9 Å². The molecular formula is C19H20O7. The Morgan fingerprint density at radius 2 is 1.65 bits per heavy atom. The number of carbonyl (C=O) groups excluding carboxylic acids is 1. The Morgan fingerprint density at radius 1 is 0.962 bits per heavy atom. The van der Waals surface area contributed by atoms with E-state index in [1.54, 1.807) is 39.5 Å². The van der Waals surface area contributed by atoms with Gasteiger partial charge in [-0.05, 0) is 36.2 Å². The Bertz CT molecular complexity index is 775. The smallest absolute Gasteiger partial charge is 0.311 e. The van der Waals surface area contributed by atoms with Gasteiger partial charge >= 0.3 is 5.97 Å². The lowest BCUT2D eigenvalue weighted by atomic mass is 10.1. The maximum absolute atomic E-state index is 12.1. The van der Waals surface area contributed by atoms with Crippen molar-refractivity contribution in [2.45, 2.75) is 12.8 Å². The zero-order valence-electron chi connectivity index (χ0n) is 14.9. The first-order chi connectivity index (χ1) is 12.6. The van der Waals surface area contributed by atoms with Crippen LogP contribution in [0.4, 0.5) is 0 Å². The van der Waals surface area contributed by atoms with Crippen LogP contribution >= 0.6 is 0 Å². The lowest BCUT2D eigenvalue weighted by Crippen LogP contribution is -2.09. The molecule has 2 aromatic carbocycles. The van der Waals surface area contributed by atoms with Gasteiger partial charge in [-0.3, -0.25) is 4.79 Å². The molecule has 26 heavy (non-hydrogen) atoms. The molecule has 1 aliphatic rings. The largest absolute Gasteiger partial charge is 0.493 e. The molecule has 0 saturated heterocycles. The molecule has 0 bridgehead atoms. The summed E-state index contributed by atoms with van der Waals surface area (Å²) in [6.45, 7) is 0.174. The van der Waals surface area contributed by atoms with Crippen LogP contribution in [-0.4, -0.2) is 34.1 Å². The lowest BCUT2D eigenvalue weighted by molar-refractivity contribution is -0.134. The quantitative estimate of drug-likeness (QED) is 0.555. The van der Waals surface area contributed by atoms with E-state index in [0.717, 1.165) is 5.56 Å². The molecule has 0 fully saturated rings. The lowest BCUT2D eigenvalue weighted by Gasteiger charge is -2.14. The first kappa shape index (κ1) is 17.7. The van der Waals surface area contributed by atoms with Crippen LogP contribution in [0.15, 0.2) is 30.3 Å². The third kappa shape index (κ3) is 3.77. The summed E-state index contributed by atoms with van der Waals surface area (Å²) in [6.07, 6.45) is 0.674. The van der Waals surface area contributed by atoms with Crippen molar-refractivity contribution in [3.8, 4) is 34.5 Å². The fourth-order valence-electron chi connectivity index (χ4n) is 2.65. The maximum Gasteiger partial charge on any atom is 0.311 e. The molecule has 0 amide bonds. The fourth-order valence-corrected chi connectivity index (χ4v) is 2.65. The molecule has 0 atom stereocenters. The van der Waals surface area contributed by atoms with Gasteiger partial charge in [-0.1, -0.05) is 0 Å². The van der Waals surface area contributed by atoms with Crippen molar-refractivity contribution in [3.63, 3.8) is 0 Å². The summed E-state index contributed by atoms with van der Waals surface area (Å²) in [7, 11) is 4.65. The standard InChI is InChI=1S/C19H20O7/c1-21-16-8-12(9-17(22-2)19(16)23-3)4-7-18(20)26-13-5-6-14-15(10-13)25-11-24-14/h5-6,8-10H,4,7,11H2,1-3H3. The van der Waals surface area contributed by atoms with Crippen LogP contribution in [0.1, 0.15) is 12.0 Å². The monoisotopic (exact) mass is 360 g/mol. The van der Waals surface area contributed by atoms with Crippen LogP contribution in [0.25, 0.3) is 0 Å². The van der Waals surface area contributed by atoms with Gasteiger partial charge in [0.2, 0.25) is 12.5 Å². The van der Waals surface area contributed by atoms with E-state index < -0.39 is 0 Å². The topological polar surface area (TPSA) is 72.5 Å². The van der Waals surface area contributed by atoms with Crippen LogP contribution in [0, 0.1) is 0 Å². The molecule has 138 valence electrons. The molecule has 0 spiro atoms. The number of ether oxygens (including phenoxy) is 6. The van der Waals surface area contributed by atoms with Crippen molar-refractivity contribution < 1.29 is 33.2 Å². The van der Waals surface area contributed by atoms with Crippen LogP contribution in [0.5, 0.6) is 34.5 Å². The summed E-state index contributed by atoms with van der Waals surface area (Å²) in [6, 6.07) is 8.65. The van der Waals surface area contributed by atoms with Crippen molar-refractivity contribution in [3.05, 3.63) is 35.9 Å². The molecular weight excluding hydrogens is 340 g/mol. The summed E-state index contributed by atoms with van der Waals surface area (Å²) < 4.78 is 31.8. The number of fused-ring (bicyclic) bond motifs is 1. The Morgan fingerprint density at radius 3 is 2.31 bits per heavy atom. The highest BCUT2D eigenvalue weighted by molar-refractivity contribution is 5.73. The van der Waals surface area contributed by atoms with Crippen molar-refractivity contribution in [1.29, 1.82) is 0 Å². The van der Waals surface area contributed by atoms with Crippen LogP contribution in [0.2, 0.25) is 0 Å². The van der Waals surface area contributed by atoms with Crippen molar-refractivity contribution in [1.82, 2.24) is 0 Å². The number of carbonyl (C=O) groups is 1. The molecule has 0 unspecified atom stereocenters. The van der Waals surface area contributed by atoms with Crippen LogP contribution < -0.4 is 28.4 Å². The predicted octanol–water partition coefficient (Wildman–Crippen LogP) is 2.98. The zero-order valence-corrected chi connectivity index (χ0v) is 14.9. The maximum atomic E-state index is 12.1. The first-order valence-corrected chi connectivity index (χ1v) is 8.03. The molecule has 2 aromatic rings. The summed E-state index contributed by atoms with van der Waals surface area (Å²) in [5.74, 6) is 2.89. The molecule has 0 aromatic heterocycles. The van der Waals surface area contributed by atoms with E-state index in [9.17, 15) is 4.79 Å². The highest BCUT2D eigenvalue weighted by Crippen LogP contribution is 2.38. The summed E-state index contributed by atoms with van der Waals surface area (Å²) in [5, 5.41) is 0. The van der Waals surface area contributed by atoms with Crippen molar-refractivity contribution >= 4 is 5.97 Å². The van der Waals surface area contributed by atoms with Gasteiger partial charge in [-0.2, -0.15) is 0 Å². The number of aryl methyl sites for hydroxylation is 1. The van der Waals surface area contributed by atoms with Crippen LogP contribution in [-0.2, 0) is 11.2 Å². The second kappa shape index (κ2) is 7.86. The minimum atomic E-state index is -0.349. The number of benzene rings is 2. The average Bonchev–Trinajstić information content (AvgIpc) is 3.13. The number of hydrogen-bond acceptors (Lipinski definition) is 7. The van der Waals surface area contributed by atoms with E-state index in [4.69, 9.17) is 28.4 Å². The van der Waals surface area contributed by atoms with Crippen molar-refractivity contribution in [2.24, 2.45) is 0 Å². The average molecular weight is 360 g/mol. The number of hydrogen-bond donors (Lipinski definition) is 0. The van der Waals surface area contributed by atoms with Gasteiger partial charge in [-0.15, -0.1) is 0 Å². The fraction of sp³-hybridized carbons (Fsp3) is 0.316. The molecule has 0 radical (unpaired) electrons. The zero-order chi connectivity index (χ0) is 18.5. The Hall–Kier alpha value is -3.09. The number of rotatable bonds is 7. The van der Waals surface area contributed by atoms with Gasteiger partial charge in [0.1, 0.15) is 5.75 Å². The minimum absolute atomic E-state index is 0.174. The van der Waals surface area contributed by atoms with Gasteiger partial charge < -0.3 is 28.4 Å². The van der Waals surface area contributed by atoms with Gasteiger partial charge in [0.25, 0.3) is 0 Å². The highest BCUT2D eigenvalue weighted by Gasteiger charge is 2.16. The van der Waals surface area contributed by atoms with Crippen molar-refractivity contribution in [2.75, 3.05) is 28.1 Å². The molecule has 0 saturated carbocycles. The summed E-state index contributed by atoms with van der Waals surface area (Å²) in [5.41, 5.74) is 0.877. The van der Waals surface area contributed by atoms with Gasteiger partial charge in [0, 0.05) is 12.5 Å². The number of esters is 1. The van der Waals surface area contributed by atoms with Gasteiger partial charge in [-0.25, -0.2) is 0 Å². The highest BCUT2D eigenvalue weighted by atomic mass is 16.7. The van der Waals surface area contributed by atoms with E-state index in [1.165, 1.54) is 0 Å². The molecule has 0 aliphatic carbocycles. The molecule has 7 heteroatoms. The predicted molar refractivity (Wildman–Crippen MR) is 92.6 cm³/mol. The third-order valence-corrected chi connectivity index (χ3v) is 3.92. The SMILES string of the molecule is COc1cc(CCC(=O)Oc2ccc3c(c2)OCO3)cc(OC)c1OC. The summed E-state index contributed by atoms with van der Waals surface area (Å²) in [4.78, 5) is 12.1. The molecule has 1 aliphatic heterocycles. The molecule has 0 N–H and O–H groups in total. The Kier molecular flexibility index (Phi) is 5.36. The third-order valence-electron chi connectivity index (χ3n) is 3.92. The second-order valence-electron chi connectivity index (χ2n) is 5.52. The minimum Gasteiger partial charge on any atom is -0.493 e. The van der Waals surface area contributed by atoms with E-state index >= 15 is 0 Å². The van der Waals surface area contributed by atoms with E-state index in [2.05, 4.69) is 0 Å². The Labute approximate surface area is 151 Å². The van der Waals surface area contributed by atoms with Gasteiger partial charge in [0.15, 0.2) is 23.0 Å². The molecule has 1 heterocycles. The Balaban J connectivity index is 1.64. The van der Waals surface area contributed by atoms with E-state index in [1.807, 2.05) is 12.1 Å². The number of methoxy groups -OCH3 is 3. The second-order valence-corrected chi connectivity index (χ2v) is 5.52. The normalized spacial score (nSPS) is 11.8. The van der Waals surface area contributed by atoms with Gasteiger partial charge in [0.05, 0.1) is 21.3 Å².